The Bertz CT molecular complexity index is 750. The lowest BCUT2D eigenvalue weighted by atomic mass is 10.1. The van der Waals surface area contributed by atoms with Gasteiger partial charge >= 0.3 is 6.09 Å². The van der Waals surface area contributed by atoms with E-state index in [2.05, 4.69) is 30.9 Å². The lowest BCUT2D eigenvalue weighted by Gasteiger charge is -2.30. The molecule has 1 N–H and O–H groups in total. The van der Waals surface area contributed by atoms with Crippen LogP contribution in [-0.2, 0) is 0 Å². The maximum absolute atomic E-state index is 13.2. The molecule has 1 aliphatic heterocycles. The lowest BCUT2D eigenvalue weighted by molar-refractivity contribution is 0.151. The topological polar surface area (TPSA) is 74.0 Å². The SMILES string of the molecule is O=C(O)N(CCN1CCC(F)CC1)c1cc(Cl)nc2c(Br)cnn12. The molecule has 1 saturated heterocycles. The predicted octanol–water partition coefficient (Wildman–Crippen LogP) is 3.06. The number of hydrogen-bond acceptors (Lipinski definition) is 4. The molecular weight excluding hydrogens is 405 g/mol. The summed E-state index contributed by atoms with van der Waals surface area (Å²) in [5.41, 5.74) is 0.446. The van der Waals surface area contributed by atoms with Crippen molar-refractivity contribution in [2.75, 3.05) is 31.1 Å². The van der Waals surface area contributed by atoms with Crippen molar-refractivity contribution in [2.24, 2.45) is 0 Å². The van der Waals surface area contributed by atoms with Gasteiger partial charge in [0, 0.05) is 32.2 Å². The number of likely N-dealkylation sites (tertiary alicyclic amines) is 1. The molecule has 0 bridgehead atoms. The fraction of sp³-hybridized carbons (Fsp3) is 0.500. The van der Waals surface area contributed by atoms with Crippen LogP contribution in [0.3, 0.4) is 0 Å². The van der Waals surface area contributed by atoms with E-state index >= 15 is 0 Å². The third-order valence-corrected chi connectivity index (χ3v) is 4.80. The Kier molecular flexibility index (Phi) is 5.21. The fourth-order valence-corrected chi connectivity index (χ4v) is 3.28. The molecule has 0 unspecified atom stereocenters. The molecule has 24 heavy (non-hydrogen) atoms. The number of hydrogen-bond donors (Lipinski definition) is 1. The Hall–Kier alpha value is -1.45. The summed E-state index contributed by atoms with van der Waals surface area (Å²) in [6.45, 7) is 2.02. The summed E-state index contributed by atoms with van der Waals surface area (Å²) in [6, 6.07) is 1.47. The number of amides is 1. The van der Waals surface area contributed by atoms with E-state index in [4.69, 9.17) is 11.6 Å². The highest BCUT2D eigenvalue weighted by Gasteiger charge is 2.23. The summed E-state index contributed by atoms with van der Waals surface area (Å²) in [4.78, 5) is 19.1. The van der Waals surface area contributed by atoms with Gasteiger partial charge in [0.2, 0.25) is 0 Å². The van der Waals surface area contributed by atoms with Crippen LogP contribution in [-0.4, -0.2) is 63.0 Å². The van der Waals surface area contributed by atoms with Crippen molar-refractivity contribution < 1.29 is 14.3 Å². The Morgan fingerprint density at radius 3 is 2.88 bits per heavy atom. The van der Waals surface area contributed by atoms with E-state index in [1.54, 1.807) is 0 Å². The van der Waals surface area contributed by atoms with Crippen molar-refractivity contribution in [2.45, 2.75) is 19.0 Å². The summed E-state index contributed by atoms with van der Waals surface area (Å²) < 4.78 is 15.3. The van der Waals surface area contributed by atoms with Crippen molar-refractivity contribution in [1.29, 1.82) is 0 Å². The highest BCUT2D eigenvalue weighted by Crippen LogP contribution is 2.25. The second-order valence-electron chi connectivity index (χ2n) is 5.62. The number of halogens is 3. The molecule has 0 saturated carbocycles. The fourth-order valence-electron chi connectivity index (χ4n) is 2.76. The largest absolute Gasteiger partial charge is 0.465 e. The van der Waals surface area contributed by atoms with Crippen LogP contribution in [0.5, 0.6) is 0 Å². The number of carbonyl (C=O) groups is 1. The van der Waals surface area contributed by atoms with Gasteiger partial charge in [-0.05, 0) is 28.8 Å². The van der Waals surface area contributed by atoms with E-state index in [0.29, 0.717) is 48.4 Å². The second kappa shape index (κ2) is 7.20. The van der Waals surface area contributed by atoms with E-state index in [1.807, 2.05) is 0 Å². The van der Waals surface area contributed by atoms with E-state index in [-0.39, 0.29) is 11.7 Å². The van der Waals surface area contributed by atoms with Crippen molar-refractivity contribution in [3.05, 3.63) is 21.9 Å². The van der Waals surface area contributed by atoms with Crippen LogP contribution in [0.1, 0.15) is 12.8 Å². The van der Waals surface area contributed by atoms with Gasteiger partial charge in [-0.1, -0.05) is 11.6 Å². The molecule has 0 atom stereocenters. The lowest BCUT2D eigenvalue weighted by Crippen LogP contribution is -2.42. The number of aromatic nitrogens is 3. The first kappa shape index (κ1) is 17.4. The van der Waals surface area contributed by atoms with Crippen LogP contribution in [0.25, 0.3) is 5.65 Å². The van der Waals surface area contributed by atoms with Crippen LogP contribution in [0.2, 0.25) is 5.15 Å². The first-order valence-electron chi connectivity index (χ1n) is 7.52. The molecule has 130 valence electrons. The molecule has 0 aliphatic carbocycles. The Labute approximate surface area is 151 Å². The molecule has 2 aromatic rings. The zero-order chi connectivity index (χ0) is 17.3. The van der Waals surface area contributed by atoms with Crippen LogP contribution >= 0.6 is 27.5 Å². The first-order valence-corrected chi connectivity index (χ1v) is 8.69. The van der Waals surface area contributed by atoms with Gasteiger partial charge in [-0.3, -0.25) is 4.90 Å². The summed E-state index contributed by atoms with van der Waals surface area (Å²) in [5, 5.41) is 13.9. The third kappa shape index (κ3) is 3.62. The van der Waals surface area contributed by atoms with E-state index < -0.39 is 12.3 Å². The van der Waals surface area contributed by atoms with E-state index in [9.17, 15) is 14.3 Å². The monoisotopic (exact) mass is 419 g/mol. The molecule has 7 nitrogen and oxygen atoms in total. The van der Waals surface area contributed by atoms with Crippen LogP contribution in [0.15, 0.2) is 16.7 Å². The van der Waals surface area contributed by atoms with Gasteiger partial charge in [0.05, 0.1) is 10.7 Å². The molecule has 0 radical (unpaired) electrons. The Morgan fingerprint density at radius 2 is 2.21 bits per heavy atom. The maximum atomic E-state index is 13.2. The molecular formula is C14H16BrClFN5O2. The standard InChI is InChI=1S/C14H16BrClFN5O2/c15-10-8-18-22-12(7-11(16)19-13(10)22)21(14(23)24)6-5-20-3-1-9(17)2-4-20/h7-9H,1-6H2,(H,23,24). The van der Waals surface area contributed by atoms with Crippen LogP contribution in [0.4, 0.5) is 15.0 Å². The van der Waals surface area contributed by atoms with E-state index in [0.717, 1.165) is 0 Å². The van der Waals surface area contributed by atoms with Crippen LogP contribution in [0, 0.1) is 0 Å². The van der Waals surface area contributed by atoms with Crippen molar-refractivity contribution in [3.63, 3.8) is 0 Å². The van der Waals surface area contributed by atoms with Gasteiger partial charge in [0.15, 0.2) is 5.65 Å². The zero-order valence-electron chi connectivity index (χ0n) is 12.7. The molecule has 0 spiro atoms. The minimum Gasteiger partial charge on any atom is -0.465 e. The predicted molar refractivity (Wildman–Crippen MR) is 91.6 cm³/mol. The van der Waals surface area contributed by atoms with E-state index in [1.165, 1.54) is 21.7 Å². The third-order valence-electron chi connectivity index (χ3n) is 4.04. The van der Waals surface area contributed by atoms with Gasteiger partial charge in [-0.25, -0.2) is 14.2 Å². The van der Waals surface area contributed by atoms with Gasteiger partial charge in [-0.15, -0.1) is 0 Å². The summed E-state index contributed by atoms with van der Waals surface area (Å²) in [5.74, 6) is 0.323. The molecule has 1 fully saturated rings. The van der Waals surface area contributed by atoms with Gasteiger partial charge in [0.1, 0.15) is 17.1 Å². The molecule has 3 rings (SSSR count). The molecule has 10 heteroatoms. The Balaban J connectivity index is 1.82. The highest BCUT2D eigenvalue weighted by atomic mass is 79.9. The normalized spacial score (nSPS) is 16.6. The molecule has 3 heterocycles. The number of fused-ring (bicyclic) bond motifs is 1. The van der Waals surface area contributed by atoms with Gasteiger partial charge in [-0.2, -0.15) is 9.61 Å². The van der Waals surface area contributed by atoms with Crippen molar-refractivity contribution in [3.8, 4) is 0 Å². The number of alkyl halides is 1. The minimum atomic E-state index is -1.11. The van der Waals surface area contributed by atoms with Crippen molar-refractivity contribution in [1.82, 2.24) is 19.5 Å². The molecule has 2 aromatic heterocycles. The van der Waals surface area contributed by atoms with Crippen LogP contribution < -0.4 is 4.90 Å². The maximum Gasteiger partial charge on any atom is 0.413 e. The number of anilines is 1. The average Bonchev–Trinajstić information content (AvgIpc) is 2.90. The molecule has 1 amide bonds. The zero-order valence-corrected chi connectivity index (χ0v) is 15.0. The first-order chi connectivity index (χ1) is 11.5. The molecule has 0 aromatic carbocycles. The second-order valence-corrected chi connectivity index (χ2v) is 6.86. The summed E-state index contributed by atoms with van der Waals surface area (Å²) in [6.07, 6.45) is 0.658. The smallest absolute Gasteiger partial charge is 0.413 e. The average molecular weight is 421 g/mol. The summed E-state index contributed by atoms with van der Waals surface area (Å²) >= 11 is 9.34. The number of nitrogens with zero attached hydrogens (tertiary/aromatic N) is 5. The van der Waals surface area contributed by atoms with Crippen molar-refractivity contribution >= 4 is 45.1 Å². The number of carboxylic acid groups (broad SMARTS) is 1. The number of rotatable bonds is 4. The Morgan fingerprint density at radius 1 is 1.50 bits per heavy atom. The van der Waals surface area contributed by atoms with Gasteiger partial charge in [0.25, 0.3) is 0 Å². The highest BCUT2D eigenvalue weighted by molar-refractivity contribution is 9.10. The van der Waals surface area contributed by atoms with Gasteiger partial charge < -0.3 is 10.0 Å². The minimum absolute atomic E-state index is 0.184. The number of piperidine rings is 1. The molecule has 1 aliphatic rings. The quantitative estimate of drug-likeness (QED) is 0.770. The summed E-state index contributed by atoms with van der Waals surface area (Å²) in [7, 11) is 0.